The molecule has 0 aliphatic heterocycles. The molecule has 0 aliphatic rings. The summed E-state index contributed by atoms with van der Waals surface area (Å²) in [5, 5.41) is 3.55. The van der Waals surface area contributed by atoms with Crippen LogP contribution >= 0.6 is 11.6 Å². The number of para-hydroxylation sites is 2. The number of fused-ring (bicyclic) bond motifs is 1. The number of rotatable bonds is 12. The molecule has 1 aromatic heterocycles. The molecule has 0 saturated carbocycles. The number of halogens is 1. The summed E-state index contributed by atoms with van der Waals surface area (Å²) >= 11 is 5.86. The van der Waals surface area contributed by atoms with Crippen molar-refractivity contribution in [3.8, 4) is 11.5 Å². The standard InChI is InChI=1S/C28H30ClN3O3/c1-34-23-14-10-21(11-15-23)19-32-26-8-5-4-7-25(26)31-27(32)9-3-2-6-18-30-28(33)20-35-24-16-12-22(29)13-17-24/h4-5,7-8,10-17H,2-3,6,9,18-20H2,1H3,(H,30,33). The lowest BCUT2D eigenvalue weighted by Gasteiger charge is -2.11. The van der Waals surface area contributed by atoms with Crippen molar-refractivity contribution in [1.82, 2.24) is 14.9 Å². The Bertz CT molecular complexity index is 1240. The molecule has 7 heteroatoms. The van der Waals surface area contributed by atoms with Gasteiger partial charge >= 0.3 is 0 Å². The summed E-state index contributed by atoms with van der Waals surface area (Å²) in [4.78, 5) is 16.9. The van der Waals surface area contributed by atoms with Crippen LogP contribution in [0.2, 0.25) is 5.02 Å². The van der Waals surface area contributed by atoms with E-state index >= 15 is 0 Å². The van der Waals surface area contributed by atoms with Gasteiger partial charge in [0.15, 0.2) is 6.61 Å². The molecule has 0 fully saturated rings. The fourth-order valence-electron chi connectivity index (χ4n) is 3.95. The Morgan fingerprint density at radius 2 is 1.69 bits per heavy atom. The minimum Gasteiger partial charge on any atom is -0.497 e. The number of carbonyl (C=O) groups is 1. The van der Waals surface area contributed by atoms with Crippen LogP contribution in [0.15, 0.2) is 72.8 Å². The lowest BCUT2D eigenvalue weighted by Crippen LogP contribution is -2.29. The first-order valence-corrected chi connectivity index (χ1v) is 12.2. The van der Waals surface area contributed by atoms with E-state index in [1.54, 1.807) is 31.4 Å². The minimum atomic E-state index is -0.124. The zero-order valence-corrected chi connectivity index (χ0v) is 20.6. The molecule has 0 saturated heterocycles. The Balaban J connectivity index is 1.24. The van der Waals surface area contributed by atoms with Crippen LogP contribution in [0.4, 0.5) is 0 Å². The maximum atomic E-state index is 12.0. The first-order chi connectivity index (χ1) is 17.1. The zero-order valence-electron chi connectivity index (χ0n) is 19.9. The van der Waals surface area contributed by atoms with Crippen molar-refractivity contribution >= 4 is 28.5 Å². The molecule has 0 aliphatic carbocycles. The van der Waals surface area contributed by atoms with Crippen LogP contribution in [0.5, 0.6) is 11.5 Å². The summed E-state index contributed by atoms with van der Waals surface area (Å²) < 4.78 is 13.1. The predicted molar refractivity (Wildman–Crippen MR) is 139 cm³/mol. The van der Waals surface area contributed by atoms with Gasteiger partial charge in [0, 0.05) is 24.5 Å². The van der Waals surface area contributed by atoms with E-state index in [4.69, 9.17) is 26.1 Å². The third-order valence-corrected chi connectivity index (χ3v) is 6.07. The number of aryl methyl sites for hydroxylation is 1. The fraction of sp³-hybridized carbons (Fsp3) is 0.286. The lowest BCUT2D eigenvalue weighted by molar-refractivity contribution is -0.123. The number of hydrogen-bond donors (Lipinski definition) is 1. The second kappa shape index (κ2) is 12.3. The Labute approximate surface area is 210 Å². The highest BCUT2D eigenvalue weighted by Gasteiger charge is 2.11. The molecule has 182 valence electrons. The molecule has 4 rings (SSSR count). The Morgan fingerprint density at radius 3 is 2.46 bits per heavy atom. The molecule has 0 spiro atoms. The van der Waals surface area contributed by atoms with Gasteiger partial charge in [-0.3, -0.25) is 4.79 Å². The van der Waals surface area contributed by atoms with Crippen molar-refractivity contribution in [2.75, 3.05) is 20.3 Å². The van der Waals surface area contributed by atoms with Crippen molar-refractivity contribution in [3.05, 3.63) is 89.2 Å². The van der Waals surface area contributed by atoms with Gasteiger partial charge in [0.1, 0.15) is 17.3 Å². The van der Waals surface area contributed by atoms with E-state index in [2.05, 4.69) is 40.2 Å². The minimum absolute atomic E-state index is 0.00296. The molecule has 35 heavy (non-hydrogen) atoms. The number of nitrogens with one attached hydrogen (secondary N) is 1. The first kappa shape index (κ1) is 24.6. The molecule has 1 N–H and O–H groups in total. The first-order valence-electron chi connectivity index (χ1n) is 11.8. The average Bonchev–Trinajstić information content (AvgIpc) is 3.23. The normalized spacial score (nSPS) is 10.9. The number of aromatic nitrogens is 2. The molecule has 0 bridgehead atoms. The summed E-state index contributed by atoms with van der Waals surface area (Å²) in [6.07, 6.45) is 3.80. The number of benzene rings is 3. The van der Waals surface area contributed by atoms with E-state index in [0.29, 0.717) is 17.3 Å². The van der Waals surface area contributed by atoms with E-state index in [9.17, 15) is 4.79 Å². The molecule has 0 atom stereocenters. The molecule has 1 amide bonds. The maximum absolute atomic E-state index is 12.0. The number of amides is 1. The molecule has 0 unspecified atom stereocenters. The van der Waals surface area contributed by atoms with Gasteiger partial charge in [0.25, 0.3) is 5.91 Å². The second-order valence-electron chi connectivity index (χ2n) is 8.35. The highest BCUT2D eigenvalue weighted by Crippen LogP contribution is 2.21. The Morgan fingerprint density at radius 1 is 0.943 bits per heavy atom. The number of hydrogen-bond acceptors (Lipinski definition) is 4. The molecular weight excluding hydrogens is 462 g/mol. The topological polar surface area (TPSA) is 65.4 Å². The van der Waals surface area contributed by atoms with Gasteiger partial charge in [-0.05, 0) is 66.9 Å². The number of unbranched alkanes of at least 4 members (excludes halogenated alkanes) is 2. The van der Waals surface area contributed by atoms with Gasteiger partial charge in [-0.2, -0.15) is 0 Å². The molecule has 0 radical (unpaired) electrons. The van der Waals surface area contributed by atoms with Crippen molar-refractivity contribution in [2.24, 2.45) is 0 Å². The maximum Gasteiger partial charge on any atom is 0.257 e. The summed E-state index contributed by atoms with van der Waals surface area (Å²) in [5.74, 6) is 2.44. The van der Waals surface area contributed by atoms with Gasteiger partial charge in [-0.25, -0.2) is 4.98 Å². The monoisotopic (exact) mass is 491 g/mol. The fourth-order valence-corrected chi connectivity index (χ4v) is 4.08. The van der Waals surface area contributed by atoms with Gasteiger partial charge in [0.2, 0.25) is 0 Å². The van der Waals surface area contributed by atoms with E-state index in [0.717, 1.165) is 54.8 Å². The summed E-state index contributed by atoms with van der Waals surface area (Å²) in [5.41, 5.74) is 3.37. The number of nitrogens with zero attached hydrogens (tertiary/aromatic N) is 2. The zero-order chi connectivity index (χ0) is 24.5. The highest BCUT2D eigenvalue weighted by atomic mass is 35.5. The smallest absolute Gasteiger partial charge is 0.257 e. The van der Waals surface area contributed by atoms with Crippen molar-refractivity contribution < 1.29 is 14.3 Å². The lowest BCUT2D eigenvalue weighted by atomic mass is 10.1. The van der Waals surface area contributed by atoms with Gasteiger partial charge < -0.3 is 19.4 Å². The summed E-state index contributed by atoms with van der Waals surface area (Å²) in [6, 6.07) is 23.4. The largest absolute Gasteiger partial charge is 0.497 e. The van der Waals surface area contributed by atoms with Crippen LogP contribution in [-0.4, -0.2) is 35.7 Å². The third kappa shape index (κ3) is 6.99. The van der Waals surface area contributed by atoms with Crippen LogP contribution in [-0.2, 0) is 17.8 Å². The van der Waals surface area contributed by atoms with Gasteiger partial charge in [-0.15, -0.1) is 0 Å². The highest BCUT2D eigenvalue weighted by molar-refractivity contribution is 6.30. The molecule has 4 aromatic rings. The quantitative estimate of drug-likeness (QED) is 0.260. The Kier molecular flexibility index (Phi) is 8.63. The van der Waals surface area contributed by atoms with Gasteiger partial charge in [0.05, 0.1) is 18.1 Å². The van der Waals surface area contributed by atoms with Crippen LogP contribution in [0.1, 0.15) is 30.7 Å². The number of ether oxygens (including phenoxy) is 2. The number of imidazole rings is 1. The van der Waals surface area contributed by atoms with E-state index in [1.807, 2.05) is 18.2 Å². The second-order valence-corrected chi connectivity index (χ2v) is 8.79. The molecular formula is C28H30ClN3O3. The van der Waals surface area contributed by atoms with Crippen LogP contribution in [0.25, 0.3) is 11.0 Å². The molecule has 6 nitrogen and oxygen atoms in total. The van der Waals surface area contributed by atoms with Crippen LogP contribution in [0.3, 0.4) is 0 Å². The average molecular weight is 492 g/mol. The molecule has 1 heterocycles. The van der Waals surface area contributed by atoms with E-state index < -0.39 is 0 Å². The summed E-state index contributed by atoms with van der Waals surface area (Å²) in [6.45, 7) is 1.39. The van der Waals surface area contributed by atoms with Crippen molar-refractivity contribution in [1.29, 1.82) is 0 Å². The van der Waals surface area contributed by atoms with Crippen LogP contribution in [0, 0.1) is 0 Å². The molecule has 3 aromatic carbocycles. The van der Waals surface area contributed by atoms with Crippen molar-refractivity contribution in [2.45, 2.75) is 32.2 Å². The van der Waals surface area contributed by atoms with E-state index in [-0.39, 0.29) is 12.5 Å². The predicted octanol–water partition coefficient (Wildman–Crippen LogP) is 5.65. The van der Waals surface area contributed by atoms with Crippen molar-refractivity contribution in [3.63, 3.8) is 0 Å². The third-order valence-electron chi connectivity index (χ3n) is 5.82. The Hall–Kier alpha value is -3.51. The van der Waals surface area contributed by atoms with Crippen LogP contribution < -0.4 is 14.8 Å². The van der Waals surface area contributed by atoms with E-state index in [1.165, 1.54) is 5.56 Å². The number of carbonyl (C=O) groups excluding carboxylic acids is 1. The van der Waals surface area contributed by atoms with Gasteiger partial charge in [-0.1, -0.05) is 42.3 Å². The summed E-state index contributed by atoms with van der Waals surface area (Å²) in [7, 11) is 1.68. The SMILES string of the molecule is COc1ccc(Cn2c(CCCCCNC(=O)COc3ccc(Cl)cc3)nc3ccccc32)cc1. The number of methoxy groups -OCH3 is 1.